The lowest BCUT2D eigenvalue weighted by Gasteiger charge is -2.22. The van der Waals surface area contributed by atoms with Crippen LogP contribution in [0.1, 0.15) is 27.7 Å². The van der Waals surface area contributed by atoms with Gasteiger partial charge in [-0.1, -0.05) is 42.5 Å². The van der Waals surface area contributed by atoms with Crippen molar-refractivity contribution in [1.82, 2.24) is 15.2 Å². The van der Waals surface area contributed by atoms with Gasteiger partial charge in [-0.25, -0.2) is 4.79 Å². The number of carbonyl (C=O) groups is 1. The molecule has 0 saturated heterocycles. The summed E-state index contributed by atoms with van der Waals surface area (Å²) < 4.78 is 0. The van der Waals surface area contributed by atoms with E-state index in [9.17, 15) is 14.7 Å². The van der Waals surface area contributed by atoms with Crippen LogP contribution in [0.4, 0.5) is 0 Å². The highest BCUT2D eigenvalue weighted by molar-refractivity contribution is 5.92. The lowest BCUT2D eigenvalue weighted by atomic mass is 9.95. The molecule has 1 atom stereocenters. The topological polar surface area (TPSA) is 85.4 Å². The normalized spacial score (nSPS) is 12.0. The van der Waals surface area contributed by atoms with Crippen molar-refractivity contribution >= 4 is 29.3 Å². The molecule has 0 aliphatic heterocycles. The van der Waals surface area contributed by atoms with Gasteiger partial charge >= 0.3 is 5.97 Å². The monoisotopic (exact) mass is 401 g/mol. The standard InChI is InChI=1S/C21H23N3O3.ClH/c1-24(2)13-12-22-18(14-8-4-3-5-9-14)17-19(21(26)27)23-16-11-7-6-10-15(16)20(17)25;/h3-11,18,22H,12-13H2,1-2H3,(H,23,25)(H,26,27);1H. The molecule has 0 bridgehead atoms. The predicted molar refractivity (Wildman–Crippen MR) is 114 cm³/mol. The minimum Gasteiger partial charge on any atom is -0.477 e. The van der Waals surface area contributed by atoms with Gasteiger partial charge in [-0.15, -0.1) is 12.4 Å². The Morgan fingerprint density at radius 2 is 1.75 bits per heavy atom. The Morgan fingerprint density at radius 1 is 1.11 bits per heavy atom. The van der Waals surface area contributed by atoms with Crippen molar-refractivity contribution in [2.24, 2.45) is 0 Å². The molecule has 0 amide bonds. The van der Waals surface area contributed by atoms with E-state index in [2.05, 4.69) is 10.3 Å². The predicted octanol–water partition coefficient (Wildman–Crippen LogP) is 2.89. The van der Waals surface area contributed by atoms with Gasteiger partial charge in [-0.05, 0) is 31.8 Å². The zero-order valence-corrected chi connectivity index (χ0v) is 16.6. The number of rotatable bonds is 7. The van der Waals surface area contributed by atoms with Crippen LogP contribution in [-0.2, 0) is 0 Å². The number of aromatic amines is 1. The van der Waals surface area contributed by atoms with Crippen LogP contribution in [0.5, 0.6) is 0 Å². The van der Waals surface area contributed by atoms with Crippen molar-refractivity contribution in [3.63, 3.8) is 0 Å². The number of carboxylic acids is 1. The SMILES string of the molecule is CN(C)CCNC(c1ccccc1)c1c(C(=O)O)[nH]c2ccccc2c1=O.Cl. The maximum Gasteiger partial charge on any atom is 0.352 e. The number of para-hydroxylation sites is 1. The maximum absolute atomic E-state index is 13.2. The van der Waals surface area contributed by atoms with Crippen molar-refractivity contribution in [2.45, 2.75) is 6.04 Å². The van der Waals surface area contributed by atoms with Crippen LogP contribution >= 0.6 is 12.4 Å². The van der Waals surface area contributed by atoms with Crippen LogP contribution < -0.4 is 10.7 Å². The van der Waals surface area contributed by atoms with E-state index in [0.717, 1.165) is 12.1 Å². The van der Waals surface area contributed by atoms with Gasteiger partial charge < -0.3 is 20.3 Å². The van der Waals surface area contributed by atoms with Crippen molar-refractivity contribution < 1.29 is 9.90 Å². The number of nitrogens with zero attached hydrogens (tertiary/aromatic N) is 1. The van der Waals surface area contributed by atoms with Gasteiger partial charge in [0, 0.05) is 24.0 Å². The molecule has 0 radical (unpaired) electrons. The summed E-state index contributed by atoms with van der Waals surface area (Å²) in [6.07, 6.45) is 0. The number of likely N-dealkylation sites (N-methyl/N-ethyl adjacent to an activating group) is 1. The maximum atomic E-state index is 13.2. The van der Waals surface area contributed by atoms with Gasteiger partial charge in [0.25, 0.3) is 0 Å². The summed E-state index contributed by atoms with van der Waals surface area (Å²) in [5, 5.41) is 13.6. The number of hydrogen-bond acceptors (Lipinski definition) is 4. The molecule has 0 saturated carbocycles. The molecule has 3 N–H and O–H groups in total. The fraction of sp³-hybridized carbons (Fsp3) is 0.238. The summed E-state index contributed by atoms with van der Waals surface area (Å²) in [4.78, 5) is 30.1. The molecule has 1 heterocycles. The number of aromatic nitrogens is 1. The van der Waals surface area contributed by atoms with Crippen LogP contribution in [0.3, 0.4) is 0 Å². The van der Waals surface area contributed by atoms with Gasteiger partial charge in [0.15, 0.2) is 5.43 Å². The molecule has 2 aromatic carbocycles. The van der Waals surface area contributed by atoms with Crippen LogP contribution in [0.25, 0.3) is 10.9 Å². The van der Waals surface area contributed by atoms with Gasteiger partial charge in [0.1, 0.15) is 5.69 Å². The van der Waals surface area contributed by atoms with Gasteiger partial charge in [0.05, 0.1) is 11.6 Å². The highest BCUT2D eigenvalue weighted by Gasteiger charge is 2.25. The second kappa shape index (κ2) is 9.50. The number of fused-ring (bicyclic) bond motifs is 1. The number of hydrogen-bond donors (Lipinski definition) is 3. The fourth-order valence-corrected chi connectivity index (χ4v) is 3.16. The quantitative estimate of drug-likeness (QED) is 0.566. The molecule has 0 aliphatic carbocycles. The summed E-state index contributed by atoms with van der Waals surface area (Å²) >= 11 is 0. The zero-order valence-electron chi connectivity index (χ0n) is 15.8. The second-order valence-electron chi connectivity index (χ2n) is 6.69. The Bertz CT molecular complexity index is 1000. The summed E-state index contributed by atoms with van der Waals surface area (Å²) in [6.45, 7) is 1.37. The molecule has 0 aliphatic rings. The second-order valence-corrected chi connectivity index (χ2v) is 6.69. The van der Waals surface area contributed by atoms with E-state index < -0.39 is 12.0 Å². The molecule has 1 aromatic heterocycles. The minimum absolute atomic E-state index is 0. The van der Waals surface area contributed by atoms with Crippen LogP contribution in [0.15, 0.2) is 59.4 Å². The Balaban J connectivity index is 0.00000280. The highest BCUT2D eigenvalue weighted by Crippen LogP contribution is 2.24. The minimum atomic E-state index is -1.15. The van der Waals surface area contributed by atoms with E-state index in [1.54, 1.807) is 24.3 Å². The van der Waals surface area contributed by atoms with E-state index >= 15 is 0 Å². The van der Waals surface area contributed by atoms with Gasteiger partial charge in [-0.2, -0.15) is 0 Å². The van der Waals surface area contributed by atoms with Gasteiger partial charge in [0.2, 0.25) is 0 Å². The molecule has 0 fully saturated rings. The molecule has 3 aromatic rings. The Labute approximate surface area is 169 Å². The average molecular weight is 402 g/mol. The summed E-state index contributed by atoms with van der Waals surface area (Å²) in [6, 6.07) is 15.9. The Kier molecular flexibility index (Phi) is 7.34. The molecule has 28 heavy (non-hydrogen) atoms. The molecule has 0 spiro atoms. The molecular weight excluding hydrogens is 378 g/mol. The third-order valence-electron chi connectivity index (χ3n) is 4.49. The number of H-pyrrole nitrogens is 1. The lowest BCUT2D eigenvalue weighted by Crippen LogP contribution is -2.34. The van der Waals surface area contributed by atoms with E-state index in [1.807, 2.05) is 49.3 Å². The number of nitrogens with one attached hydrogen (secondary N) is 2. The summed E-state index contributed by atoms with van der Waals surface area (Å²) in [5.41, 5.74) is 1.24. The first-order chi connectivity index (χ1) is 13.0. The average Bonchev–Trinajstić information content (AvgIpc) is 2.66. The van der Waals surface area contributed by atoms with E-state index in [0.29, 0.717) is 17.4 Å². The molecule has 3 rings (SSSR count). The van der Waals surface area contributed by atoms with E-state index in [4.69, 9.17) is 0 Å². The highest BCUT2D eigenvalue weighted by atomic mass is 35.5. The number of pyridine rings is 1. The summed E-state index contributed by atoms with van der Waals surface area (Å²) in [5.74, 6) is -1.15. The van der Waals surface area contributed by atoms with Crippen molar-refractivity contribution in [3.8, 4) is 0 Å². The largest absolute Gasteiger partial charge is 0.477 e. The summed E-state index contributed by atoms with van der Waals surface area (Å²) in [7, 11) is 3.93. The van der Waals surface area contributed by atoms with Gasteiger partial charge in [-0.3, -0.25) is 4.79 Å². The first-order valence-electron chi connectivity index (χ1n) is 8.80. The van der Waals surface area contributed by atoms with Crippen molar-refractivity contribution in [3.05, 3.63) is 81.6 Å². The van der Waals surface area contributed by atoms with E-state index in [1.165, 1.54) is 0 Å². The zero-order chi connectivity index (χ0) is 19.4. The number of halogens is 1. The molecule has 7 heteroatoms. The smallest absolute Gasteiger partial charge is 0.352 e. The molecular formula is C21H24ClN3O3. The van der Waals surface area contributed by atoms with E-state index in [-0.39, 0.29) is 29.1 Å². The first kappa shape index (κ1) is 21.6. The van der Waals surface area contributed by atoms with Crippen molar-refractivity contribution in [1.29, 1.82) is 0 Å². The van der Waals surface area contributed by atoms with Crippen LogP contribution in [0.2, 0.25) is 0 Å². The fourth-order valence-electron chi connectivity index (χ4n) is 3.16. The van der Waals surface area contributed by atoms with Crippen LogP contribution in [0, 0.1) is 0 Å². The van der Waals surface area contributed by atoms with Crippen LogP contribution in [-0.4, -0.2) is 48.1 Å². The first-order valence-corrected chi connectivity index (χ1v) is 8.80. The Hall–Kier alpha value is -2.67. The number of carboxylic acid groups (broad SMARTS) is 1. The van der Waals surface area contributed by atoms with Crippen molar-refractivity contribution in [2.75, 3.05) is 27.2 Å². The third kappa shape index (κ3) is 4.59. The molecule has 148 valence electrons. The Morgan fingerprint density at radius 3 is 2.39 bits per heavy atom. The number of aromatic carboxylic acids is 1. The molecule has 1 unspecified atom stereocenters. The molecule has 6 nitrogen and oxygen atoms in total. The third-order valence-corrected chi connectivity index (χ3v) is 4.49. The lowest BCUT2D eigenvalue weighted by molar-refractivity contribution is 0.0689. The number of benzene rings is 2.